The maximum atomic E-state index is 12.3. The third kappa shape index (κ3) is 3.79. The molecular formula is C22H23NO8Se. The Balaban J connectivity index is 0.000000234. The molecule has 1 aromatic heterocycles. The van der Waals surface area contributed by atoms with Gasteiger partial charge in [0.05, 0.1) is 30.2 Å². The molecule has 10 heteroatoms. The van der Waals surface area contributed by atoms with E-state index in [1.54, 1.807) is 19.4 Å². The molecule has 32 heavy (non-hydrogen) atoms. The van der Waals surface area contributed by atoms with Gasteiger partial charge in [0.25, 0.3) is 6.29 Å². The van der Waals surface area contributed by atoms with Gasteiger partial charge < -0.3 is 18.6 Å². The first kappa shape index (κ1) is 22.4. The van der Waals surface area contributed by atoms with Crippen molar-refractivity contribution in [2.24, 2.45) is 5.73 Å². The van der Waals surface area contributed by atoms with Crippen LogP contribution < -0.4 is 20.8 Å². The van der Waals surface area contributed by atoms with Gasteiger partial charge in [-0.3, -0.25) is 4.79 Å². The quantitative estimate of drug-likeness (QED) is 0.460. The van der Waals surface area contributed by atoms with Crippen LogP contribution in [0.15, 0.2) is 27.6 Å². The van der Waals surface area contributed by atoms with Gasteiger partial charge in [0.2, 0.25) is 0 Å². The molecule has 0 radical (unpaired) electrons. The Labute approximate surface area is 189 Å². The molecule has 3 unspecified atom stereocenters. The number of carboxylic acid groups (broad SMARTS) is 1. The zero-order valence-electron chi connectivity index (χ0n) is 17.6. The van der Waals surface area contributed by atoms with Gasteiger partial charge in [-0.2, -0.15) is 0 Å². The van der Waals surface area contributed by atoms with Crippen LogP contribution in [0, 0.1) is 0 Å². The fourth-order valence-corrected chi connectivity index (χ4v) is 5.12. The number of fused-ring (bicyclic) bond motifs is 7. The summed E-state index contributed by atoms with van der Waals surface area (Å²) in [6.07, 6.45) is 4.48. The normalized spacial score (nSPS) is 20.5. The van der Waals surface area contributed by atoms with Gasteiger partial charge in [-0.15, -0.1) is 0 Å². The number of aryl methyl sites for hydroxylation is 1. The van der Waals surface area contributed by atoms with E-state index in [-0.39, 0.29) is 17.3 Å². The van der Waals surface area contributed by atoms with E-state index >= 15 is 0 Å². The number of benzene rings is 1. The van der Waals surface area contributed by atoms with Crippen molar-refractivity contribution < 1.29 is 33.3 Å². The van der Waals surface area contributed by atoms with Crippen LogP contribution in [0.1, 0.15) is 40.2 Å². The summed E-state index contributed by atoms with van der Waals surface area (Å²) < 4.78 is 22.2. The van der Waals surface area contributed by atoms with Crippen LogP contribution in [0.25, 0.3) is 11.0 Å². The molecule has 0 fully saturated rings. The number of methoxy groups -OCH3 is 1. The molecule has 0 bridgehead atoms. The molecular weight excluding hydrogens is 485 g/mol. The summed E-state index contributed by atoms with van der Waals surface area (Å²) in [7, 11) is 1.54. The summed E-state index contributed by atoms with van der Waals surface area (Å²) >= 11 is 0.549. The number of carbonyl (C=O) groups excluding carboxylic acids is 1. The Hall–Kier alpha value is -2.81. The molecule has 3 aliphatic rings. The van der Waals surface area contributed by atoms with Crippen molar-refractivity contribution in [2.75, 3.05) is 7.11 Å². The number of aliphatic carboxylic acids is 1. The van der Waals surface area contributed by atoms with Crippen LogP contribution in [0.2, 0.25) is 11.1 Å². The Morgan fingerprint density at radius 2 is 2.16 bits per heavy atom. The van der Waals surface area contributed by atoms with E-state index in [0.717, 1.165) is 10.9 Å². The summed E-state index contributed by atoms with van der Waals surface area (Å²) in [5, 5.41) is 9.94. The monoisotopic (exact) mass is 509 g/mol. The Kier molecular flexibility index (Phi) is 6.28. The van der Waals surface area contributed by atoms with Crippen molar-refractivity contribution >= 4 is 37.7 Å². The van der Waals surface area contributed by atoms with E-state index in [1.807, 2.05) is 6.08 Å². The summed E-state index contributed by atoms with van der Waals surface area (Å²) in [6.45, 7) is 0. The number of rotatable bonds is 5. The fraction of sp³-hybridized carbons (Fsp3) is 0.409. The molecule has 170 valence electrons. The van der Waals surface area contributed by atoms with E-state index in [2.05, 4.69) is 5.82 Å². The molecule has 0 saturated heterocycles. The molecule has 9 nitrogen and oxygen atoms in total. The Morgan fingerprint density at radius 3 is 2.84 bits per heavy atom. The summed E-state index contributed by atoms with van der Waals surface area (Å²) in [6, 6.07) is 1.13. The molecule has 3 atom stereocenters. The van der Waals surface area contributed by atoms with Crippen LogP contribution in [-0.2, 0) is 16.0 Å². The zero-order chi connectivity index (χ0) is 23.0. The van der Waals surface area contributed by atoms with E-state index < -0.39 is 23.9 Å². The second kappa shape index (κ2) is 8.97. The second-order valence-corrected chi connectivity index (χ2v) is 9.63. The molecule has 5 rings (SSSR count). The van der Waals surface area contributed by atoms with E-state index in [9.17, 15) is 14.4 Å². The van der Waals surface area contributed by atoms with Crippen molar-refractivity contribution in [2.45, 2.75) is 48.7 Å². The summed E-state index contributed by atoms with van der Waals surface area (Å²) in [4.78, 5) is 34.4. The number of hydrogen-bond acceptors (Lipinski definition) is 8. The van der Waals surface area contributed by atoms with Gasteiger partial charge >= 0.3 is 65.8 Å². The van der Waals surface area contributed by atoms with Crippen LogP contribution in [0.3, 0.4) is 0 Å². The number of nitrogens with two attached hydrogens (primary N) is 1. The van der Waals surface area contributed by atoms with Crippen LogP contribution in [-0.4, -0.2) is 51.3 Å². The number of ketones is 1. The summed E-state index contributed by atoms with van der Waals surface area (Å²) in [5.41, 5.74) is 6.71. The topological polar surface area (TPSA) is 138 Å². The van der Waals surface area contributed by atoms with Crippen molar-refractivity contribution in [1.29, 1.82) is 0 Å². The van der Waals surface area contributed by atoms with Gasteiger partial charge in [-0.05, 0) is 18.1 Å². The van der Waals surface area contributed by atoms with E-state index in [4.69, 9.17) is 29.5 Å². The van der Waals surface area contributed by atoms with Crippen molar-refractivity contribution in [1.82, 2.24) is 0 Å². The Bertz CT molecular complexity index is 1170. The molecule has 3 heterocycles. The van der Waals surface area contributed by atoms with E-state index in [0.29, 0.717) is 62.3 Å². The van der Waals surface area contributed by atoms with Crippen molar-refractivity contribution in [3.05, 3.63) is 45.5 Å². The minimum absolute atomic E-state index is 0.128. The minimum atomic E-state index is -0.890. The number of Topliss-reactive ketones (excluding diaryl/α,β-unsaturated/α-hetero) is 1. The number of carboxylic acids is 1. The average molecular weight is 508 g/mol. The average Bonchev–Trinajstić information content (AvgIpc) is 3.46. The maximum absolute atomic E-state index is 12.3. The van der Waals surface area contributed by atoms with Gasteiger partial charge in [-0.25, -0.2) is 4.79 Å². The molecule has 2 aliphatic heterocycles. The third-order valence-electron chi connectivity index (χ3n) is 5.67. The van der Waals surface area contributed by atoms with Gasteiger partial charge in [0, 0.05) is 12.5 Å². The first-order valence-corrected chi connectivity index (χ1v) is 13.0. The van der Waals surface area contributed by atoms with Crippen LogP contribution >= 0.6 is 0 Å². The fourth-order valence-electron chi connectivity index (χ4n) is 4.09. The molecule has 0 amide bonds. The second-order valence-electron chi connectivity index (χ2n) is 7.56. The predicted octanol–water partition coefficient (Wildman–Crippen LogP) is 2.24. The SMILES string of the molecule is COc1cc2c(c3oc(=O)c4c(c13)CCC4=O)C1C=COC1O2.C[Se]CCC(N)C(=O)O. The number of hydrogen-bond donors (Lipinski definition) is 2. The molecule has 2 aromatic rings. The first-order chi connectivity index (χ1) is 15.4. The third-order valence-corrected chi connectivity index (χ3v) is 7.02. The summed E-state index contributed by atoms with van der Waals surface area (Å²) in [5.74, 6) is 2.01. The molecule has 0 spiro atoms. The number of ether oxygens (including phenoxy) is 3. The Morgan fingerprint density at radius 1 is 1.38 bits per heavy atom. The van der Waals surface area contributed by atoms with Gasteiger partial charge in [0.15, 0.2) is 5.78 Å². The van der Waals surface area contributed by atoms with Gasteiger partial charge in [0.1, 0.15) is 22.6 Å². The molecule has 1 aromatic carbocycles. The van der Waals surface area contributed by atoms with Crippen LogP contribution in [0.4, 0.5) is 0 Å². The molecule has 1 aliphatic carbocycles. The predicted molar refractivity (Wildman–Crippen MR) is 116 cm³/mol. The number of carbonyl (C=O) groups is 2. The van der Waals surface area contributed by atoms with Crippen molar-refractivity contribution in [3.63, 3.8) is 0 Å². The molecule has 0 saturated carbocycles. The molecule has 3 N–H and O–H groups in total. The van der Waals surface area contributed by atoms with Crippen LogP contribution in [0.5, 0.6) is 11.5 Å². The zero-order valence-corrected chi connectivity index (χ0v) is 19.3. The standard InChI is InChI=1S/C17H12O6.C5H11NO2Se/c1-20-10-6-11-14(8-4-5-21-17(8)22-11)15-13(10)7-2-3-9(18)12(7)16(19)23-15;1-9-3-2-4(6)5(7)8/h4-6,8,17H,2-3H2,1H3;4H,2-3,6H2,1H3,(H,7,8). The first-order valence-electron chi connectivity index (χ1n) is 10.1. The van der Waals surface area contributed by atoms with E-state index in [1.165, 1.54) is 0 Å². The van der Waals surface area contributed by atoms with Crippen molar-refractivity contribution in [3.8, 4) is 11.5 Å². The van der Waals surface area contributed by atoms with Gasteiger partial charge in [-0.1, -0.05) is 0 Å².